The summed E-state index contributed by atoms with van der Waals surface area (Å²) in [5.41, 5.74) is 0. The van der Waals surface area contributed by atoms with Crippen LogP contribution in [0, 0.1) is 0 Å². The Labute approximate surface area is 182 Å². The van der Waals surface area contributed by atoms with Crippen molar-refractivity contribution in [2.45, 2.75) is 118 Å². The third kappa shape index (κ3) is 30.6. The number of hydrogen-bond donors (Lipinski definition) is 0. The van der Waals surface area contributed by atoms with E-state index in [1.807, 2.05) is 0 Å². The molecule has 0 fully saturated rings. The Bertz CT molecular complexity index is 361. The molecule has 0 aromatic rings. The normalized spacial score (nSPS) is 14.6. The first-order chi connectivity index (χ1) is 13.7. The second kappa shape index (κ2) is 15.3. The molecule has 0 rings (SSSR count). The molecule has 0 heterocycles. The van der Waals surface area contributed by atoms with Gasteiger partial charge in [-0.2, -0.15) is 0 Å². The standard InChI is InChI=1S/C22H48P.F6P/c1-5-9-13-14-15-16-17-18-22-23(19-10-6-2,20-11-7-3)21-12-8-4;1-7(2,3,4,5)6/h5-22H2,1-4H3;/q+1;-1. The summed E-state index contributed by atoms with van der Waals surface area (Å²) in [6.45, 7) is 9.45. The van der Waals surface area contributed by atoms with Crippen LogP contribution in [0.3, 0.4) is 0 Å². The molecule has 0 N–H and O–H groups in total. The van der Waals surface area contributed by atoms with Crippen LogP contribution in [0.15, 0.2) is 0 Å². The van der Waals surface area contributed by atoms with Crippen molar-refractivity contribution >= 4 is 15.1 Å². The van der Waals surface area contributed by atoms with E-state index in [2.05, 4.69) is 27.7 Å². The molecule has 0 bridgehead atoms. The quantitative estimate of drug-likeness (QED) is 0.102. The van der Waals surface area contributed by atoms with Gasteiger partial charge in [-0.05, 0) is 32.1 Å². The van der Waals surface area contributed by atoms with Crippen LogP contribution in [0.4, 0.5) is 25.2 Å². The van der Waals surface area contributed by atoms with E-state index < -0.39 is 15.1 Å². The van der Waals surface area contributed by atoms with Gasteiger partial charge in [0.25, 0.3) is 0 Å². The van der Waals surface area contributed by atoms with Gasteiger partial charge in [0.05, 0.1) is 24.6 Å². The molecule has 0 saturated heterocycles. The topological polar surface area (TPSA) is 0 Å². The molecule has 0 aliphatic rings. The van der Waals surface area contributed by atoms with Gasteiger partial charge in [0, 0.05) is 7.26 Å². The van der Waals surface area contributed by atoms with Crippen molar-refractivity contribution in [1.82, 2.24) is 0 Å². The van der Waals surface area contributed by atoms with E-state index in [0.717, 1.165) is 0 Å². The van der Waals surface area contributed by atoms with Gasteiger partial charge in [0.15, 0.2) is 0 Å². The monoisotopic (exact) mass is 488 g/mol. The van der Waals surface area contributed by atoms with E-state index in [9.17, 15) is 25.2 Å². The molecular weight excluding hydrogens is 440 g/mol. The third-order valence-electron chi connectivity index (χ3n) is 5.44. The zero-order chi connectivity index (χ0) is 23.6. The Balaban J connectivity index is 0. The molecule has 0 radical (unpaired) electrons. The maximum atomic E-state index is 9.87. The summed E-state index contributed by atoms with van der Waals surface area (Å²) in [7, 11) is -11.3. The van der Waals surface area contributed by atoms with Gasteiger partial charge in [0.1, 0.15) is 0 Å². The van der Waals surface area contributed by atoms with Gasteiger partial charge < -0.3 is 0 Å². The van der Waals surface area contributed by atoms with Gasteiger partial charge in [-0.3, -0.25) is 0 Å². The van der Waals surface area contributed by atoms with Crippen LogP contribution >= 0.6 is 15.1 Å². The van der Waals surface area contributed by atoms with E-state index in [1.165, 1.54) is 83.5 Å². The molecule has 0 spiro atoms. The molecule has 0 amide bonds. The Kier molecular flexibility index (Phi) is 16.6. The predicted molar refractivity (Wildman–Crippen MR) is 127 cm³/mol. The number of unbranched alkanes of at least 4 members (excludes halogenated alkanes) is 10. The van der Waals surface area contributed by atoms with Crippen molar-refractivity contribution in [3.05, 3.63) is 0 Å². The summed E-state index contributed by atoms with van der Waals surface area (Å²) >= 11 is 0. The number of halogens is 6. The zero-order valence-corrected chi connectivity index (χ0v) is 21.7. The van der Waals surface area contributed by atoms with Crippen LogP contribution < -0.4 is 0 Å². The third-order valence-corrected chi connectivity index (χ3v) is 10.5. The first-order valence-corrected chi connectivity index (χ1v) is 16.7. The molecule has 188 valence electrons. The molecule has 8 heteroatoms. The van der Waals surface area contributed by atoms with Crippen molar-refractivity contribution in [3.63, 3.8) is 0 Å². The Hall–Kier alpha value is 0.440. The second-order valence-corrected chi connectivity index (χ2v) is 15.1. The predicted octanol–water partition coefficient (Wildman–Crippen LogP) is 11.9. The molecule has 30 heavy (non-hydrogen) atoms. The van der Waals surface area contributed by atoms with Gasteiger partial charge in [-0.25, -0.2) is 0 Å². The van der Waals surface area contributed by atoms with E-state index in [4.69, 9.17) is 0 Å². The molecule has 0 saturated carbocycles. The second-order valence-electron chi connectivity index (χ2n) is 8.73. The first kappa shape index (κ1) is 32.6. The van der Waals surface area contributed by atoms with Crippen LogP contribution in [0.5, 0.6) is 0 Å². The van der Waals surface area contributed by atoms with Crippen LogP contribution in [0.1, 0.15) is 118 Å². The molecule has 0 atom stereocenters. The van der Waals surface area contributed by atoms with Crippen LogP contribution in [0.25, 0.3) is 0 Å². The molecular formula is C22H48F6P2. The average Bonchev–Trinajstić information content (AvgIpc) is 2.62. The zero-order valence-electron chi connectivity index (χ0n) is 19.9. The Morgan fingerprint density at radius 2 is 0.633 bits per heavy atom. The van der Waals surface area contributed by atoms with Crippen molar-refractivity contribution < 1.29 is 25.2 Å². The van der Waals surface area contributed by atoms with Gasteiger partial charge in [-0.1, -0.05) is 85.5 Å². The summed E-state index contributed by atoms with van der Waals surface area (Å²) in [5.74, 6) is 0. The molecule has 0 unspecified atom stereocenters. The van der Waals surface area contributed by atoms with Crippen LogP contribution in [0.2, 0.25) is 0 Å². The summed E-state index contributed by atoms with van der Waals surface area (Å²) in [4.78, 5) is 0. The Morgan fingerprint density at radius 3 is 0.933 bits per heavy atom. The SMILES string of the molecule is CCCCCCCCCC[P+](CCCC)(CCCC)CCCC.F[P-](F)(F)(F)(F)F. The minimum absolute atomic E-state index is 0.612. The van der Waals surface area contributed by atoms with Crippen molar-refractivity contribution in [1.29, 1.82) is 0 Å². The fourth-order valence-electron chi connectivity index (χ4n) is 3.73. The van der Waals surface area contributed by atoms with E-state index in [0.29, 0.717) is 0 Å². The van der Waals surface area contributed by atoms with E-state index in [-0.39, 0.29) is 0 Å². The van der Waals surface area contributed by atoms with Gasteiger partial charge in [-0.15, -0.1) is 0 Å². The molecule has 0 aromatic carbocycles. The fraction of sp³-hybridized carbons (Fsp3) is 1.00. The minimum atomic E-state index is -10.7. The van der Waals surface area contributed by atoms with E-state index >= 15 is 0 Å². The first-order valence-electron chi connectivity index (χ1n) is 12.1. The van der Waals surface area contributed by atoms with Crippen molar-refractivity contribution in [2.24, 2.45) is 0 Å². The Morgan fingerprint density at radius 1 is 0.400 bits per heavy atom. The number of hydrogen-bond acceptors (Lipinski definition) is 0. The molecule has 0 aromatic heterocycles. The molecule has 0 aliphatic carbocycles. The summed E-state index contributed by atoms with van der Waals surface area (Å²) in [5, 5.41) is 0. The summed E-state index contributed by atoms with van der Waals surface area (Å²) < 4.78 is 59.2. The fourth-order valence-corrected chi connectivity index (χ4v) is 8.93. The summed E-state index contributed by atoms with van der Waals surface area (Å²) in [6, 6.07) is 0. The van der Waals surface area contributed by atoms with Crippen LogP contribution in [-0.2, 0) is 0 Å². The number of rotatable bonds is 18. The van der Waals surface area contributed by atoms with Crippen molar-refractivity contribution in [2.75, 3.05) is 24.6 Å². The molecule has 0 nitrogen and oxygen atoms in total. The molecule has 0 aliphatic heterocycles. The average molecular weight is 489 g/mol. The van der Waals surface area contributed by atoms with Gasteiger partial charge in [0.2, 0.25) is 0 Å². The van der Waals surface area contributed by atoms with Gasteiger partial charge >= 0.3 is 33.0 Å². The van der Waals surface area contributed by atoms with Crippen molar-refractivity contribution in [3.8, 4) is 0 Å². The maximum absolute atomic E-state index is 10.7. The van der Waals surface area contributed by atoms with E-state index in [1.54, 1.807) is 31.1 Å². The summed E-state index contributed by atoms with van der Waals surface area (Å²) in [6.07, 6.45) is 27.0. The van der Waals surface area contributed by atoms with Crippen LogP contribution in [-0.4, -0.2) is 24.6 Å².